The van der Waals surface area contributed by atoms with Crippen molar-refractivity contribution >= 4 is 18.0 Å². The third-order valence-electron chi connectivity index (χ3n) is 3.72. The topological polar surface area (TPSA) is 105 Å². The summed E-state index contributed by atoms with van der Waals surface area (Å²) in [5, 5.41) is 14.5. The Morgan fingerprint density at radius 2 is 1.29 bits per heavy atom. The first-order valence-corrected chi connectivity index (χ1v) is 8.80. The zero-order valence-electron chi connectivity index (χ0n) is 16.0. The molecule has 0 radical (unpaired) electrons. The number of carbonyl (C=O) groups excluding carboxylic acids is 2. The van der Waals surface area contributed by atoms with Gasteiger partial charge in [0.25, 0.3) is 0 Å². The van der Waals surface area contributed by atoms with E-state index in [1.165, 1.54) is 0 Å². The maximum absolute atomic E-state index is 12.9. The summed E-state index contributed by atoms with van der Waals surface area (Å²) in [4.78, 5) is 36.8. The molecule has 2 atom stereocenters. The molecule has 0 saturated heterocycles. The number of alkyl carbamates (subject to hydrolysis) is 1. The highest BCUT2D eigenvalue weighted by Crippen LogP contribution is 2.18. The van der Waals surface area contributed by atoms with Gasteiger partial charge in [-0.1, -0.05) is 60.7 Å². The van der Waals surface area contributed by atoms with Gasteiger partial charge in [-0.15, -0.1) is 0 Å². The van der Waals surface area contributed by atoms with Crippen LogP contribution in [-0.2, 0) is 14.3 Å². The van der Waals surface area contributed by atoms with Crippen LogP contribution in [0.15, 0.2) is 60.7 Å². The van der Waals surface area contributed by atoms with Crippen molar-refractivity contribution in [1.29, 1.82) is 0 Å². The minimum Gasteiger partial charge on any atom is -0.479 e. The van der Waals surface area contributed by atoms with Crippen LogP contribution in [0.3, 0.4) is 0 Å². The summed E-state index contributed by atoms with van der Waals surface area (Å²) in [5.74, 6) is -1.86. The first kappa shape index (κ1) is 21.0. The van der Waals surface area contributed by atoms with Crippen molar-refractivity contribution in [3.8, 4) is 0 Å². The molecule has 1 unspecified atom stereocenters. The largest absolute Gasteiger partial charge is 0.479 e. The number of carbonyl (C=O) groups is 3. The van der Waals surface area contributed by atoms with E-state index < -0.39 is 35.7 Å². The smallest absolute Gasteiger partial charge is 0.408 e. The molecule has 7 heteroatoms. The lowest BCUT2D eigenvalue weighted by Crippen LogP contribution is -2.44. The molecule has 2 aromatic rings. The molecule has 148 valence electrons. The van der Waals surface area contributed by atoms with E-state index in [1.54, 1.807) is 81.4 Å². The summed E-state index contributed by atoms with van der Waals surface area (Å²) < 4.78 is 5.23. The lowest BCUT2D eigenvalue weighted by molar-refractivity contribution is -0.142. The van der Waals surface area contributed by atoms with Gasteiger partial charge in [-0.25, -0.2) is 9.59 Å². The van der Waals surface area contributed by atoms with Gasteiger partial charge < -0.3 is 20.5 Å². The number of hydrogen-bond acceptors (Lipinski definition) is 4. The molecule has 28 heavy (non-hydrogen) atoms. The molecule has 0 aliphatic carbocycles. The lowest BCUT2D eigenvalue weighted by atomic mass is 10.0. The lowest BCUT2D eigenvalue weighted by Gasteiger charge is -2.24. The van der Waals surface area contributed by atoms with E-state index in [2.05, 4.69) is 10.6 Å². The minimum absolute atomic E-state index is 0.424. The number of ether oxygens (including phenoxy) is 1. The van der Waals surface area contributed by atoms with Crippen LogP contribution < -0.4 is 10.6 Å². The van der Waals surface area contributed by atoms with E-state index in [1.807, 2.05) is 0 Å². The number of aliphatic carboxylic acids is 1. The summed E-state index contributed by atoms with van der Waals surface area (Å²) >= 11 is 0. The number of carboxylic acids is 1. The first-order chi connectivity index (χ1) is 13.2. The predicted molar refractivity (Wildman–Crippen MR) is 104 cm³/mol. The number of amides is 2. The van der Waals surface area contributed by atoms with E-state index in [0.717, 1.165) is 0 Å². The van der Waals surface area contributed by atoms with Gasteiger partial charge in [-0.2, -0.15) is 0 Å². The van der Waals surface area contributed by atoms with Crippen LogP contribution in [0.25, 0.3) is 0 Å². The average molecular weight is 384 g/mol. The van der Waals surface area contributed by atoms with Crippen LogP contribution >= 0.6 is 0 Å². The third-order valence-corrected chi connectivity index (χ3v) is 3.72. The number of rotatable bonds is 6. The van der Waals surface area contributed by atoms with Gasteiger partial charge >= 0.3 is 12.1 Å². The Morgan fingerprint density at radius 3 is 1.71 bits per heavy atom. The molecule has 3 N–H and O–H groups in total. The highest BCUT2D eigenvalue weighted by molar-refractivity contribution is 5.90. The summed E-state index contributed by atoms with van der Waals surface area (Å²) in [6, 6.07) is 14.5. The third kappa shape index (κ3) is 6.12. The molecule has 0 fully saturated rings. The summed E-state index contributed by atoms with van der Waals surface area (Å²) in [5.41, 5.74) is 0.186. The molecule has 2 aromatic carbocycles. The minimum atomic E-state index is -1.25. The van der Waals surface area contributed by atoms with E-state index in [4.69, 9.17) is 4.74 Å². The summed E-state index contributed by atoms with van der Waals surface area (Å²) in [6.45, 7) is 5.13. The fourth-order valence-corrected chi connectivity index (χ4v) is 2.53. The fraction of sp³-hybridized carbons (Fsp3) is 0.286. The van der Waals surface area contributed by atoms with Crippen LogP contribution in [0.1, 0.15) is 44.0 Å². The van der Waals surface area contributed by atoms with Crippen LogP contribution in [0.5, 0.6) is 0 Å². The average Bonchev–Trinajstić information content (AvgIpc) is 2.63. The Balaban J connectivity index is 2.25. The zero-order chi connectivity index (χ0) is 20.7. The van der Waals surface area contributed by atoms with Crippen LogP contribution in [0, 0.1) is 0 Å². The molecule has 0 aliphatic heterocycles. The van der Waals surface area contributed by atoms with Crippen molar-refractivity contribution in [2.24, 2.45) is 0 Å². The van der Waals surface area contributed by atoms with E-state index in [9.17, 15) is 19.5 Å². The van der Waals surface area contributed by atoms with E-state index in [-0.39, 0.29) is 0 Å². The maximum atomic E-state index is 12.9. The quantitative estimate of drug-likeness (QED) is 0.709. The molecule has 0 bridgehead atoms. The second-order valence-electron chi connectivity index (χ2n) is 7.18. The van der Waals surface area contributed by atoms with Crippen LogP contribution in [-0.4, -0.2) is 28.7 Å². The molecule has 2 amide bonds. The van der Waals surface area contributed by atoms with Crippen molar-refractivity contribution in [3.05, 3.63) is 71.8 Å². The Kier molecular flexibility index (Phi) is 6.76. The van der Waals surface area contributed by atoms with Gasteiger partial charge in [0.15, 0.2) is 6.04 Å². The molecule has 7 nitrogen and oxygen atoms in total. The number of hydrogen-bond donors (Lipinski definition) is 3. The Morgan fingerprint density at radius 1 is 0.821 bits per heavy atom. The standard InChI is InChI=1S/C21H24N2O5/c1-21(2,3)28-20(27)23-16(14-10-6-4-7-11-14)18(24)22-17(19(25)26)15-12-8-5-9-13-15/h4-13,16-17H,1-3H3,(H,22,24)(H,23,27)(H,25,26)/t16-,17?/m1/s1. The molecular weight excluding hydrogens is 360 g/mol. The molecule has 0 saturated carbocycles. The normalized spacial score (nSPS) is 13.1. The Labute approximate surface area is 163 Å². The van der Waals surface area contributed by atoms with Gasteiger partial charge in [0.05, 0.1) is 0 Å². The van der Waals surface area contributed by atoms with Crippen LogP contribution in [0.2, 0.25) is 0 Å². The van der Waals surface area contributed by atoms with Crippen molar-refractivity contribution in [2.45, 2.75) is 38.5 Å². The zero-order valence-corrected chi connectivity index (χ0v) is 16.0. The molecule has 0 aliphatic rings. The number of benzene rings is 2. The highest BCUT2D eigenvalue weighted by Gasteiger charge is 2.30. The summed E-state index contributed by atoms with van der Waals surface area (Å²) in [6.07, 6.45) is -0.775. The van der Waals surface area contributed by atoms with Gasteiger partial charge in [-0.05, 0) is 31.9 Å². The predicted octanol–water partition coefficient (Wildman–Crippen LogP) is 3.19. The van der Waals surface area contributed by atoms with Crippen molar-refractivity contribution in [3.63, 3.8) is 0 Å². The number of carboxylic acid groups (broad SMARTS) is 1. The molecular formula is C21H24N2O5. The number of nitrogens with one attached hydrogen (secondary N) is 2. The van der Waals surface area contributed by atoms with E-state index in [0.29, 0.717) is 11.1 Å². The molecule has 2 rings (SSSR count). The van der Waals surface area contributed by atoms with Crippen molar-refractivity contribution < 1.29 is 24.2 Å². The maximum Gasteiger partial charge on any atom is 0.408 e. The van der Waals surface area contributed by atoms with Gasteiger partial charge in [0.2, 0.25) is 5.91 Å². The van der Waals surface area contributed by atoms with Crippen molar-refractivity contribution in [2.75, 3.05) is 0 Å². The summed E-state index contributed by atoms with van der Waals surface area (Å²) in [7, 11) is 0. The van der Waals surface area contributed by atoms with Gasteiger partial charge in [0, 0.05) is 0 Å². The Hall–Kier alpha value is -3.35. The SMILES string of the molecule is CC(C)(C)OC(=O)N[C@@H](C(=O)NC(C(=O)O)c1ccccc1)c1ccccc1. The van der Waals surface area contributed by atoms with Gasteiger partial charge in [0.1, 0.15) is 11.6 Å². The second-order valence-corrected chi connectivity index (χ2v) is 7.18. The van der Waals surface area contributed by atoms with Gasteiger partial charge in [-0.3, -0.25) is 4.79 Å². The highest BCUT2D eigenvalue weighted by atomic mass is 16.6. The molecule has 0 aromatic heterocycles. The fourth-order valence-electron chi connectivity index (χ4n) is 2.53. The van der Waals surface area contributed by atoms with Crippen molar-refractivity contribution in [1.82, 2.24) is 10.6 Å². The monoisotopic (exact) mass is 384 g/mol. The first-order valence-electron chi connectivity index (χ1n) is 8.80. The molecule has 0 spiro atoms. The van der Waals surface area contributed by atoms with E-state index >= 15 is 0 Å². The van der Waals surface area contributed by atoms with Crippen LogP contribution in [0.4, 0.5) is 4.79 Å². The Bertz CT molecular complexity index is 816. The second kappa shape index (κ2) is 9.03. The molecule has 0 heterocycles.